The summed E-state index contributed by atoms with van der Waals surface area (Å²) in [7, 11) is 1.99. The van der Waals surface area contributed by atoms with Gasteiger partial charge in [0.25, 0.3) is 0 Å². The van der Waals surface area contributed by atoms with Crippen LogP contribution in [0.3, 0.4) is 0 Å². The molecule has 2 nitrogen and oxygen atoms in total. The second-order valence-corrected chi connectivity index (χ2v) is 4.05. The van der Waals surface area contributed by atoms with E-state index in [4.69, 9.17) is 0 Å². The third-order valence-corrected chi connectivity index (χ3v) is 2.86. The van der Waals surface area contributed by atoms with Crippen LogP contribution < -0.4 is 5.32 Å². The first-order chi connectivity index (χ1) is 6.74. The van der Waals surface area contributed by atoms with Crippen LogP contribution in [0.25, 0.3) is 0 Å². The summed E-state index contributed by atoms with van der Waals surface area (Å²) in [5.41, 5.74) is 1.49. The highest BCUT2D eigenvalue weighted by Gasteiger charge is 2.11. The minimum absolute atomic E-state index is 0.524. The SMILES string of the molecule is CNCCCC(C)C1=CC=C(O)CC1. The van der Waals surface area contributed by atoms with Crippen molar-refractivity contribution >= 4 is 0 Å². The molecule has 2 N–H and O–H groups in total. The molecule has 0 aromatic heterocycles. The molecule has 0 saturated carbocycles. The minimum atomic E-state index is 0.524. The van der Waals surface area contributed by atoms with Crippen molar-refractivity contribution in [2.24, 2.45) is 5.92 Å². The van der Waals surface area contributed by atoms with E-state index in [9.17, 15) is 5.11 Å². The van der Waals surface area contributed by atoms with Crippen molar-refractivity contribution in [3.8, 4) is 0 Å². The molecule has 1 aliphatic rings. The van der Waals surface area contributed by atoms with Crippen LogP contribution in [-0.2, 0) is 0 Å². The Morgan fingerprint density at radius 1 is 1.43 bits per heavy atom. The predicted molar refractivity (Wildman–Crippen MR) is 60.4 cm³/mol. The second kappa shape index (κ2) is 5.86. The predicted octanol–water partition coefficient (Wildman–Crippen LogP) is 2.78. The summed E-state index contributed by atoms with van der Waals surface area (Å²) in [6.07, 6.45) is 8.24. The Balaban J connectivity index is 2.33. The van der Waals surface area contributed by atoms with E-state index < -0.39 is 0 Å². The zero-order valence-corrected chi connectivity index (χ0v) is 9.21. The van der Waals surface area contributed by atoms with Gasteiger partial charge in [0.1, 0.15) is 0 Å². The molecule has 0 aliphatic heterocycles. The summed E-state index contributed by atoms with van der Waals surface area (Å²) >= 11 is 0. The molecule has 0 spiro atoms. The number of hydrogen-bond donors (Lipinski definition) is 2. The smallest absolute Gasteiger partial charge is 0.0925 e. The molecule has 1 aliphatic carbocycles. The maximum Gasteiger partial charge on any atom is 0.0925 e. The summed E-state index contributed by atoms with van der Waals surface area (Å²) in [5, 5.41) is 12.4. The van der Waals surface area contributed by atoms with Gasteiger partial charge in [-0.15, -0.1) is 0 Å². The van der Waals surface area contributed by atoms with Gasteiger partial charge in [-0.05, 0) is 44.8 Å². The third-order valence-electron chi connectivity index (χ3n) is 2.86. The van der Waals surface area contributed by atoms with Gasteiger partial charge in [0.2, 0.25) is 0 Å². The molecule has 0 bridgehead atoms. The Labute approximate surface area is 86.7 Å². The van der Waals surface area contributed by atoms with Crippen molar-refractivity contribution in [2.45, 2.75) is 32.6 Å². The van der Waals surface area contributed by atoms with Gasteiger partial charge < -0.3 is 10.4 Å². The van der Waals surface area contributed by atoms with E-state index in [1.807, 2.05) is 13.1 Å². The molecule has 14 heavy (non-hydrogen) atoms. The summed E-state index contributed by atoms with van der Waals surface area (Å²) in [5.74, 6) is 1.18. The summed E-state index contributed by atoms with van der Waals surface area (Å²) in [6, 6.07) is 0. The molecular weight excluding hydrogens is 174 g/mol. The van der Waals surface area contributed by atoms with Crippen molar-refractivity contribution in [3.63, 3.8) is 0 Å². The van der Waals surface area contributed by atoms with E-state index in [1.54, 1.807) is 0 Å². The van der Waals surface area contributed by atoms with Gasteiger partial charge in [-0.2, -0.15) is 0 Å². The van der Waals surface area contributed by atoms with Gasteiger partial charge in [0, 0.05) is 6.42 Å². The van der Waals surface area contributed by atoms with Crippen molar-refractivity contribution in [1.29, 1.82) is 0 Å². The molecule has 0 aromatic rings. The fourth-order valence-electron chi connectivity index (χ4n) is 1.82. The maximum atomic E-state index is 9.23. The molecule has 0 heterocycles. The van der Waals surface area contributed by atoms with Crippen molar-refractivity contribution in [1.82, 2.24) is 5.32 Å². The normalized spacial score (nSPS) is 18.7. The molecule has 0 saturated heterocycles. The maximum absolute atomic E-state index is 9.23. The molecule has 0 radical (unpaired) electrons. The molecule has 2 heteroatoms. The number of aliphatic hydroxyl groups excluding tert-OH is 1. The first-order valence-corrected chi connectivity index (χ1v) is 5.47. The van der Waals surface area contributed by atoms with Crippen LogP contribution in [0, 0.1) is 5.92 Å². The van der Waals surface area contributed by atoms with Crippen LogP contribution in [0.5, 0.6) is 0 Å². The average molecular weight is 195 g/mol. The van der Waals surface area contributed by atoms with Gasteiger partial charge >= 0.3 is 0 Å². The standard InChI is InChI=1S/C12H21NO/c1-10(4-3-9-13-2)11-5-7-12(14)8-6-11/h5,7,10,13-14H,3-4,6,8-9H2,1-2H3. The van der Waals surface area contributed by atoms with Crippen LogP contribution in [0.1, 0.15) is 32.6 Å². The highest BCUT2D eigenvalue weighted by molar-refractivity contribution is 5.21. The lowest BCUT2D eigenvalue weighted by Crippen LogP contribution is -2.10. The number of hydrogen-bond acceptors (Lipinski definition) is 2. The summed E-state index contributed by atoms with van der Waals surface area (Å²) < 4.78 is 0. The van der Waals surface area contributed by atoms with E-state index in [0.717, 1.165) is 19.4 Å². The van der Waals surface area contributed by atoms with E-state index in [2.05, 4.69) is 18.3 Å². The fraction of sp³-hybridized carbons (Fsp3) is 0.667. The van der Waals surface area contributed by atoms with Gasteiger partial charge in [-0.25, -0.2) is 0 Å². The van der Waals surface area contributed by atoms with E-state index in [1.165, 1.54) is 18.4 Å². The second-order valence-electron chi connectivity index (χ2n) is 4.05. The summed E-state index contributed by atoms with van der Waals surface area (Å²) in [4.78, 5) is 0. The molecular formula is C12H21NO. The Kier molecular flexibility index (Phi) is 4.74. The van der Waals surface area contributed by atoms with Crippen LogP contribution in [0.15, 0.2) is 23.5 Å². The first kappa shape index (κ1) is 11.3. The quantitative estimate of drug-likeness (QED) is 0.661. The average Bonchev–Trinajstić information content (AvgIpc) is 2.19. The first-order valence-electron chi connectivity index (χ1n) is 5.47. The molecule has 0 aromatic carbocycles. The van der Waals surface area contributed by atoms with Gasteiger partial charge in [0.15, 0.2) is 0 Å². The lowest BCUT2D eigenvalue weighted by molar-refractivity contribution is 0.381. The van der Waals surface area contributed by atoms with Gasteiger partial charge in [-0.3, -0.25) is 0 Å². The number of nitrogens with one attached hydrogen (secondary N) is 1. The van der Waals surface area contributed by atoms with Crippen LogP contribution in [0.2, 0.25) is 0 Å². The number of rotatable bonds is 5. The highest BCUT2D eigenvalue weighted by Crippen LogP contribution is 2.25. The fourth-order valence-corrected chi connectivity index (χ4v) is 1.82. The largest absolute Gasteiger partial charge is 0.512 e. The Bertz CT molecular complexity index is 230. The Morgan fingerprint density at radius 2 is 2.21 bits per heavy atom. The zero-order chi connectivity index (χ0) is 10.4. The third kappa shape index (κ3) is 3.54. The monoisotopic (exact) mass is 195 g/mol. The molecule has 80 valence electrons. The number of allylic oxidation sites excluding steroid dienone is 4. The zero-order valence-electron chi connectivity index (χ0n) is 9.21. The van der Waals surface area contributed by atoms with Crippen molar-refractivity contribution in [2.75, 3.05) is 13.6 Å². The van der Waals surface area contributed by atoms with E-state index in [-0.39, 0.29) is 0 Å². The Hall–Kier alpha value is -0.760. The van der Waals surface area contributed by atoms with Crippen LogP contribution in [-0.4, -0.2) is 18.7 Å². The molecule has 1 rings (SSSR count). The van der Waals surface area contributed by atoms with Crippen LogP contribution in [0.4, 0.5) is 0 Å². The van der Waals surface area contributed by atoms with E-state index in [0.29, 0.717) is 11.7 Å². The molecule has 0 amide bonds. The van der Waals surface area contributed by atoms with Gasteiger partial charge in [0.05, 0.1) is 5.76 Å². The lowest BCUT2D eigenvalue weighted by atomic mass is 9.89. The lowest BCUT2D eigenvalue weighted by Gasteiger charge is -2.18. The molecule has 1 atom stereocenters. The molecule has 1 unspecified atom stereocenters. The summed E-state index contributed by atoms with van der Waals surface area (Å²) in [6.45, 7) is 3.37. The number of aliphatic hydroxyl groups is 1. The molecule has 0 fully saturated rings. The highest BCUT2D eigenvalue weighted by atomic mass is 16.3. The topological polar surface area (TPSA) is 32.3 Å². The van der Waals surface area contributed by atoms with Crippen LogP contribution >= 0.6 is 0 Å². The van der Waals surface area contributed by atoms with Crippen molar-refractivity contribution < 1.29 is 5.11 Å². The minimum Gasteiger partial charge on any atom is -0.512 e. The van der Waals surface area contributed by atoms with Gasteiger partial charge in [-0.1, -0.05) is 18.6 Å². The van der Waals surface area contributed by atoms with Crippen molar-refractivity contribution in [3.05, 3.63) is 23.5 Å². The Morgan fingerprint density at radius 3 is 2.79 bits per heavy atom. The van der Waals surface area contributed by atoms with E-state index >= 15 is 0 Å².